The highest BCUT2D eigenvalue weighted by Crippen LogP contribution is 2.03. The van der Waals surface area contributed by atoms with E-state index in [-0.39, 0.29) is 5.82 Å². The lowest BCUT2D eigenvalue weighted by atomic mass is 10.6. The van der Waals surface area contributed by atoms with E-state index in [1.54, 1.807) is 0 Å². The molecule has 1 amide bonds. The Morgan fingerprint density at radius 1 is 1.46 bits per heavy atom. The molecule has 7 nitrogen and oxygen atoms in total. The second-order valence-electron chi connectivity index (χ2n) is 2.29. The van der Waals surface area contributed by atoms with Crippen molar-refractivity contribution in [3.05, 3.63) is 18.2 Å². The van der Waals surface area contributed by atoms with Gasteiger partial charge in [0.1, 0.15) is 0 Å². The van der Waals surface area contributed by atoms with E-state index in [0.29, 0.717) is 11.3 Å². The SMILES string of the molecule is NNC(=O)c1nc2nccnc2[nH]1. The lowest BCUT2D eigenvalue weighted by Crippen LogP contribution is -2.30. The van der Waals surface area contributed by atoms with Gasteiger partial charge in [-0.3, -0.25) is 10.2 Å². The van der Waals surface area contributed by atoms with Crippen molar-refractivity contribution >= 4 is 17.2 Å². The molecule has 7 heteroatoms. The summed E-state index contributed by atoms with van der Waals surface area (Å²) in [5.74, 6) is 4.53. The molecule has 0 bridgehead atoms. The van der Waals surface area contributed by atoms with Gasteiger partial charge in [0.2, 0.25) is 5.82 Å². The summed E-state index contributed by atoms with van der Waals surface area (Å²) in [6.45, 7) is 0. The molecule has 0 radical (unpaired) electrons. The second kappa shape index (κ2) is 2.79. The molecule has 66 valence electrons. The van der Waals surface area contributed by atoms with Crippen LogP contribution in [0.3, 0.4) is 0 Å². The van der Waals surface area contributed by atoms with Crippen molar-refractivity contribution in [2.45, 2.75) is 0 Å². The number of aromatic nitrogens is 4. The van der Waals surface area contributed by atoms with Gasteiger partial charge >= 0.3 is 5.91 Å². The van der Waals surface area contributed by atoms with Gasteiger partial charge in [0.05, 0.1) is 0 Å². The van der Waals surface area contributed by atoms with Gasteiger partial charge in [-0.2, -0.15) is 0 Å². The minimum atomic E-state index is -0.500. The van der Waals surface area contributed by atoms with Crippen molar-refractivity contribution in [2.75, 3.05) is 0 Å². The zero-order valence-corrected chi connectivity index (χ0v) is 6.48. The molecule has 0 unspecified atom stereocenters. The first kappa shape index (κ1) is 7.62. The number of amides is 1. The molecule has 0 saturated carbocycles. The smallest absolute Gasteiger partial charge is 0.301 e. The van der Waals surface area contributed by atoms with E-state index < -0.39 is 5.91 Å². The largest absolute Gasteiger partial charge is 0.317 e. The molecule has 0 fully saturated rings. The Morgan fingerprint density at radius 2 is 2.23 bits per heavy atom. The Labute approximate surface area is 72.4 Å². The first-order valence-electron chi connectivity index (χ1n) is 3.49. The number of hydrogen-bond donors (Lipinski definition) is 3. The number of imidazole rings is 1. The topological polar surface area (TPSA) is 110 Å². The van der Waals surface area contributed by atoms with Crippen molar-refractivity contribution < 1.29 is 4.79 Å². The molecule has 13 heavy (non-hydrogen) atoms. The van der Waals surface area contributed by atoms with Crippen molar-refractivity contribution in [2.24, 2.45) is 5.84 Å². The third-order valence-corrected chi connectivity index (χ3v) is 1.48. The Morgan fingerprint density at radius 3 is 2.92 bits per heavy atom. The van der Waals surface area contributed by atoms with Crippen LogP contribution in [-0.2, 0) is 0 Å². The molecule has 2 aromatic rings. The number of nitrogens with zero attached hydrogens (tertiary/aromatic N) is 3. The maximum Gasteiger partial charge on any atom is 0.301 e. The number of carbonyl (C=O) groups excluding carboxylic acids is 1. The Bertz CT molecular complexity index is 416. The number of hydrogen-bond acceptors (Lipinski definition) is 5. The Kier molecular flexibility index (Phi) is 1.64. The summed E-state index contributed by atoms with van der Waals surface area (Å²) in [4.78, 5) is 25.3. The molecule has 0 aliphatic heterocycles. The maximum atomic E-state index is 11.0. The third kappa shape index (κ3) is 1.20. The fourth-order valence-corrected chi connectivity index (χ4v) is 0.923. The number of hydrazine groups is 1. The fraction of sp³-hybridized carbons (Fsp3) is 0. The number of carbonyl (C=O) groups is 1. The van der Waals surface area contributed by atoms with Crippen LogP contribution in [0.25, 0.3) is 11.3 Å². The molecule has 0 atom stereocenters. The van der Waals surface area contributed by atoms with E-state index in [0.717, 1.165) is 0 Å². The highest BCUT2D eigenvalue weighted by molar-refractivity contribution is 5.92. The van der Waals surface area contributed by atoms with Gasteiger partial charge in [0.15, 0.2) is 11.3 Å². The molecule has 0 aliphatic carbocycles. The minimum Gasteiger partial charge on any atom is -0.317 e. The number of rotatable bonds is 1. The highest BCUT2D eigenvalue weighted by atomic mass is 16.2. The van der Waals surface area contributed by atoms with E-state index in [9.17, 15) is 4.79 Å². The zero-order chi connectivity index (χ0) is 9.26. The summed E-state index contributed by atoms with van der Waals surface area (Å²) in [5, 5.41) is 0. The molecule has 4 N–H and O–H groups in total. The van der Waals surface area contributed by atoms with E-state index >= 15 is 0 Å². The zero-order valence-electron chi connectivity index (χ0n) is 6.48. The summed E-state index contributed by atoms with van der Waals surface area (Å²) in [6.07, 6.45) is 3.00. The van der Waals surface area contributed by atoms with E-state index in [2.05, 4.69) is 19.9 Å². The highest BCUT2D eigenvalue weighted by Gasteiger charge is 2.10. The van der Waals surface area contributed by atoms with Gasteiger partial charge in [0.25, 0.3) is 0 Å². The molecule has 2 aromatic heterocycles. The van der Waals surface area contributed by atoms with Crippen molar-refractivity contribution in [1.29, 1.82) is 0 Å². The normalized spacial score (nSPS) is 10.2. The first-order valence-corrected chi connectivity index (χ1v) is 3.49. The fourth-order valence-electron chi connectivity index (χ4n) is 0.923. The van der Waals surface area contributed by atoms with Crippen LogP contribution in [0.15, 0.2) is 12.4 Å². The molecule has 0 aliphatic rings. The molecule has 0 spiro atoms. The van der Waals surface area contributed by atoms with E-state index in [1.165, 1.54) is 12.4 Å². The van der Waals surface area contributed by atoms with Crippen molar-refractivity contribution in [1.82, 2.24) is 25.4 Å². The van der Waals surface area contributed by atoms with E-state index in [4.69, 9.17) is 5.84 Å². The van der Waals surface area contributed by atoms with Gasteiger partial charge in [-0.25, -0.2) is 20.8 Å². The third-order valence-electron chi connectivity index (χ3n) is 1.48. The maximum absolute atomic E-state index is 11.0. The monoisotopic (exact) mass is 178 g/mol. The summed E-state index contributed by atoms with van der Waals surface area (Å²) in [7, 11) is 0. The Hall–Kier alpha value is -2.02. The van der Waals surface area contributed by atoms with Gasteiger partial charge in [0, 0.05) is 12.4 Å². The minimum absolute atomic E-state index is 0.101. The Balaban J connectivity index is 2.56. The van der Waals surface area contributed by atoms with Crippen molar-refractivity contribution in [3.63, 3.8) is 0 Å². The molecular weight excluding hydrogens is 172 g/mol. The number of nitrogen functional groups attached to an aromatic ring is 1. The molecule has 2 rings (SSSR count). The average molecular weight is 178 g/mol. The van der Waals surface area contributed by atoms with Crippen LogP contribution in [0.2, 0.25) is 0 Å². The van der Waals surface area contributed by atoms with Gasteiger partial charge in [-0.15, -0.1) is 0 Å². The van der Waals surface area contributed by atoms with E-state index in [1.807, 2.05) is 5.43 Å². The molecule has 2 heterocycles. The molecular formula is C6H6N6O. The first-order chi connectivity index (χ1) is 6.31. The van der Waals surface area contributed by atoms with Crippen LogP contribution in [0.4, 0.5) is 0 Å². The number of aromatic amines is 1. The van der Waals surface area contributed by atoms with Crippen molar-refractivity contribution in [3.8, 4) is 0 Å². The predicted octanol–water partition coefficient (Wildman–Crippen LogP) is -1.04. The lowest BCUT2D eigenvalue weighted by Gasteiger charge is -1.90. The predicted molar refractivity (Wildman–Crippen MR) is 43.3 cm³/mol. The number of H-pyrrole nitrogens is 1. The number of nitrogens with one attached hydrogen (secondary N) is 2. The summed E-state index contributed by atoms with van der Waals surface area (Å²) < 4.78 is 0. The van der Waals surface area contributed by atoms with Gasteiger partial charge < -0.3 is 4.98 Å². The lowest BCUT2D eigenvalue weighted by molar-refractivity contribution is 0.0944. The van der Waals surface area contributed by atoms with Crippen LogP contribution in [-0.4, -0.2) is 25.8 Å². The standard InChI is InChI=1S/C6H6N6O/c7-12-6(13)5-10-3-4(11-5)9-2-1-8-3/h1-2H,7H2,(H,12,13)(H,8,9,10,11). The summed E-state index contributed by atoms with van der Waals surface area (Å²) in [5.41, 5.74) is 2.80. The van der Waals surface area contributed by atoms with Crippen LogP contribution in [0, 0.1) is 0 Å². The quantitative estimate of drug-likeness (QED) is 0.293. The van der Waals surface area contributed by atoms with Gasteiger partial charge in [-0.1, -0.05) is 0 Å². The van der Waals surface area contributed by atoms with Crippen LogP contribution < -0.4 is 11.3 Å². The number of fused-ring (bicyclic) bond motifs is 1. The molecule has 0 aromatic carbocycles. The van der Waals surface area contributed by atoms with Crippen LogP contribution in [0.1, 0.15) is 10.6 Å². The summed E-state index contributed by atoms with van der Waals surface area (Å²) >= 11 is 0. The van der Waals surface area contributed by atoms with Crippen LogP contribution >= 0.6 is 0 Å². The summed E-state index contributed by atoms with van der Waals surface area (Å²) in [6, 6.07) is 0. The molecule has 0 saturated heterocycles. The van der Waals surface area contributed by atoms with Gasteiger partial charge in [-0.05, 0) is 0 Å². The van der Waals surface area contributed by atoms with Crippen LogP contribution in [0.5, 0.6) is 0 Å². The average Bonchev–Trinajstić information content (AvgIpc) is 2.59. The second-order valence-corrected chi connectivity index (χ2v) is 2.29. The number of nitrogens with two attached hydrogens (primary N) is 1.